The summed E-state index contributed by atoms with van der Waals surface area (Å²) in [7, 11) is 0. The van der Waals surface area contributed by atoms with Crippen molar-refractivity contribution in [2.75, 3.05) is 0 Å². The van der Waals surface area contributed by atoms with Gasteiger partial charge in [0.1, 0.15) is 0 Å². The van der Waals surface area contributed by atoms with Gasteiger partial charge in [0.2, 0.25) is 0 Å². The number of rotatable bonds is 4. The van der Waals surface area contributed by atoms with Crippen molar-refractivity contribution < 1.29 is 8.78 Å². The highest BCUT2D eigenvalue weighted by molar-refractivity contribution is 5.37. The van der Waals surface area contributed by atoms with Gasteiger partial charge in [-0.2, -0.15) is 10.2 Å². The summed E-state index contributed by atoms with van der Waals surface area (Å²) in [5.41, 5.74) is 5.05. The van der Waals surface area contributed by atoms with E-state index < -0.39 is 17.7 Å². The van der Waals surface area contributed by atoms with E-state index in [-0.39, 0.29) is 11.1 Å². The SMILES string of the molecule is CCc1nnc(C)cc1C(NN)c1ccc(C)c(F)c1F. The zero-order valence-corrected chi connectivity index (χ0v) is 12.2. The van der Waals surface area contributed by atoms with E-state index in [4.69, 9.17) is 5.84 Å². The Labute approximate surface area is 122 Å². The van der Waals surface area contributed by atoms with Crippen LogP contribution >= 0.6 is 0 Å². The Bertz CT molecular complexity index is 658. The van der Waals surface area contributed by atoms with Gasteiger partial charge in [0.05, 0.1) is 17.4 Å². The zero-order valence-electron chi connectivity index (χ0n) is 12.2. The topological polar surface area (TPSA) is 63.8 Å². The molecule has 0 aliphatic heterocycles. The van der Waals surface area contributed by atoms with Gasteiger partial charge in [-0.1, -0.05) is 19.1 Å². The Morgan fingerprint density at radius 3 is 2.48 bits per heavy atom. The monoisotopic (exact) mass is 292 g/mol. The fraction of sp³-hybridized carbons (Fsp3) is 0.333. The maximum Gasteiger partial charge on any atom is 0.164 e. The van der Waals surface area contributed by atoms with Crippen LogP contribution in [0.25, 0.3) is 0 Å². The summed E-state index contributed by atoms with van der Waals surface area (Å²) in [6.45, 7) is 5.22. The predicted molar refractivity (Wildman–Crippen MR) is 76.4 cm³/mol. The Kier molecular flexibility index (Phi) is 4.59. The summed E-state index contributed by atoms with van der Waals surface area (Å²) < 4.78 is 28.0. The standard InChI is InChI=1S/C15H18F2N4/c1-4-12-11(7-9(3)20-21-12)15(19-18)10-6-5-8(2)13(16)14(10)17/h5-7,15,19H,4,18H2,1-3H3. The number of hydrogen-bond donors (Lipinski definition) is 2. The lowest BCUT2D eigenvalue weighted by Gasteiger charge is -2.20. The molecule has 4 nitrogen and oxygen atoms in total. The number of halogens is 2. The van der Waals surface area contributed by atoms with Crippen molar-refractivity contribution >= 4 is 0 Å². The van der Waals surface area contributed by atoms with Crippen LogP contribution in [0.15, 0.2) is 18.2 Å². The lowest BCUT2D eigenvalue weighted by atomic mass is 9.95. The molecule has 0 saturated heterocycles. The molecule has 2 aromatic rings. The summed E-state index contributed by atoms with van der Waals surface area (Å²) in [6, 6.07) is 4.18. The Hall–Kier alpha value is -1.92. The first-order valence-corrected chi connectivity index (χ1v) is 6.73. The number of nitrogens with zero attached hydrogens (tertiary/aromatic N) is 2. The van der Waals surface area contributed by atoms with Crippen LogP contribution in [0.5, 0.6) is 0 Å². The lowest BCUT2D eigenvalue weighted by Crippen LogP contribution is -2.31. The smallest absolute Gasteiger partial charge is 0.164 e. The van der Waals surface area contributed by atoms with Gasteiger partial charge in [-0.3, -0.25) is 5.84 Å². The molecule has 0 radical (unpaired) electrons. The second-order valence-corrected chi connectivity index (χ2v) is 4.94. The van der Waals surface area contributed by atoms with Gasteiger partial charge < -0.3 is 0 Å². The fourth-order valence-corrected chi connectivity index (χ4v) is 2.29. The molecular weight excluding hydrogens is 274 g/mol. The molecule has 1 unspecified atom stereocenters. The number of hydrogen-bond acceptors (Lipinski definition) is 4. The Morgan fingerprint density at radius 1 is 1.14 bits per heavy atom. The van der Waals surface area contributed by atoms with Crippen molar-refractivity contribution in [3.63, 3.8) is 0 Å². The summed E-state index contributed by atoms with van der Waals surface area (Å²) in [4.78, 5) is 0. The normalized spacial score (nSPS) is 12.5. The number of benzene rings is 1. The third kappa shape index (κ3) is 2.91. The quantitative estimate of drug-likeness (QED) is 0.671. The third-order valence-electron chi connectivity index (χ3n) is 3.45. The lowest BCUT2D eigenvalue weighted by molar-refractivity contribution is 0.477. The number of hydrazine groups is 1. The number of aryl methyl sites for hydroxylation is 3. The molecule has 6 heteroatoms. The van der Waals surface area contributed by atoms with Gasteiger partial charge in [-0.05, 0) is 31.9 Å². The summed E-state index contributed by atoms with van der Waals surface area (Å²) >= 11 is 0. The highest BCUT2D eigenvalue weighted by Crippen LogP contribution is 2.28. The minimum Gasteiger partial charge on any atom is -0.271 e. The molecule has 0 aliphatic carbocycles. The van der Waals surface area contributed by atoms with E-state index in [1.165, 1.54) is 19.1 Å². The highest BCUT2D eigenvalue weighted by Gasteiger charge is 2.23. The first kappa shape index (κ1) is 15.5. The second-order valence-electron chi connectivity index (χ2n) is 4.94. The number of nitrogens with one attached hydrogen (secondary N) is 1. The van der Waals surface area contributed by atoms with E-state index in [1.54, 1.807) is 13.0 Å². The van der Waals surface area contributed by atoms with Crippen LogP contribution in [0.2, 0.25) is 0 Å². The molecule has 1 aromatic heterocycles. The molecule has 1 heterocycles. The van der Waals surface area contributed by atoms with E-state index in [1.807, 2.05) is 6.92 Å². The van der Waals surface area contributed by atoms with Crippen LogP contribution in [0.4, 0.5) is 8.78 Å². The first-order valence-electron chi connectivity index (χ1n) is 6.73. The number of aromatic nitrogens is 2. The first-order chi connectivity index (χ1) is 9.99. The van der Waals surface area contributed by atoms with Crippen molar-refractivity contribution in [1.29, 1.82) is 0 Å². The maximum atomic E-state index is 14.2. The fourth-order valence-electron chi connectivity index (χ4n) is 2.29. The van der Waals surface area contributed by atoms with Crippen LogP contribution in [0, 0.1) is 25.5 Å². The molecule has 112 valence electrons. The van der Waals surface area contributed by atoms with E-state index >= 15 is 0 Å². The molecular formula is C15H18F2N4. The van der Waals surface area contributed by atoms with Gasteiger partial charge in [0.15, 0.2) is 11.6 Å². The molecule has 0 saturated carbocycles. The molecule has 1 atom stereocenters. The van der Waals surface area contributed by atoms with E-state index in [2.05, 4.69) is 15.6 Å². The van der Waals surface area contributed by atoms with Gasteiger partial charge in [-0.25, -0.2) is 14.2 Å². The van der Waals surface area contributed by atoms with Crippen molar-refractivity contribution in [3.8, 4) is 0 Å². The van der Waals surface area contributed by atoms with Crippen LogP contribution in [0.1, 0.15) is 41.0 Å². The minimum atomic E-state index is -0.894. The second kappa shape index (κ2) is 6.24. The van der Waals surface area contributed by atoms with Gasteiger partial charge >= 0.3 is 0 Å². The van der Waals surface area contributed by atoms with Crippen molar-refractivity contribution in [2.45, 2.75) is 33.2 Å². The average Bonchev–Trinajstić information content (AvgIpc) is 2.48. The van der Waals surface area contributed by atoms with E-state index in [9.17, 15) is 8.78 Å². The third-order valence-corrected chi connectivity index (χ3v) is 3.45. The molecule has 0 aliphatic rings. The summed E-state index contributed by atoms with van der Waals surface area (Å²) in [5, 5.41) is 8.09. The van der Waals surface area contributed by atoms with Crippen LogP contribution < -0.4 is 11.3 Å². The molecule has 1 aromatic carbocycles. The zero-order chi connectivity index (χ0) is 15.6. The molecule has 3 N–H and O–H groups in total. The van der Waals surface area contributed by atoms with Gasteiger partial charge in [-0.15, -0.1) is 0 Å². The molecule has 0 fully saturated rings. The predicted octanol–water partition coefficient (Wildman–Crippen LogP) is 2.49. The Balaban J connectivity index is 2.60. The number of nitrogens with two attached hydrogens (primary N) is 1. The van der Waals surface area contributed by atoms with Crippen molar-refractivity contribution in [3.05, 3.63) is 57.9 Å². The highest BCUT2D eigenvalue weighted by atomic mass is 19.2. The average molecular weight is 292 g/mol. The molecule has 0 spiro atoms. The molecule has 2 rings (SSSR count). The summed E-state index contributed by atoms with van der Waals surface area (Å²) in [6.07, 6.45) is 0.622. The van der Waals surface area contributed by atoms with E-state index in [0.29, 0.717) is 23.4 Å². The molecule has 0 bridgehead atoms. The summed E-state index contributed by atoms with van der Waals surface area (Å²) in [5.74, 6) is 3.83. The van der Waals surface area contributed by atoms with Crippen LogP contribution in [-0.4, -0.2) is 10.2 Å². The Morgan fingerprint density at radius 2 is 1.86 bits per heavy atom. The maximum absolute atomic E-state index is 14.2. The molecule has 21 heavy (non-hydrogen) atoms. The van der Waals surface area contributed by atoms with Gasteiger partial charge in [0.25, 0.3) is 0 Å². The molecule has 0 amide bonds. The largest absolute Gasteiger partial charge is 0.271 e. The van der Waals surface area contributed by atoms with Crippen LogP contribution in [0.3, 0.4) is 0 Å². The van der Waals surface area contributed by atoms with Crippen molar-refractivity contribution in [1.82, 2.24) is 15.6 Å². The van der Waals surface area contributed by atoms with E-state index in [0.717, 1.165) is 0 Å². The van der Waals surface area contributed by atoms with Crippen molar-refractivity contribution in [2.24, 2.45) is 5.84 Å². The van der Waals surface area contributed by atoms with Crippen LogP contribution in [-0.2, 0) is 6.42 Å². The van der Waals surface area contributed by atoms with Gasteiger partial charge in [0, 0.05) is 11.1 Å². The minimum absolute atomic E-state index is 0.155.